The van der Waals surface area contributed by atoms with E-state index in [4.69, 9.17) is 0 Å². The van der Waals surface area contributed by atoms with E-state index < -0.39 is 21.8 Å². The summed E-state index contributed by atoms with van der Waals surface area (Å²) in [6.07, 6.45) is 3.45. The van der Waals surface area contributed by atoms with Gasteiger partial charge in [0.05, 0.1) is 12.0 Å². The van der Waals surface area contributed by atoms with Gasteiger partial charge in [0, 0.05) is 17.2 Å². The van der Waals surface area contributed by atoms with Gasteiger partial charge in [0.15, 0.2) is 5.69 Å². The molecule has 0 radical (unpaired) electrons. The van der Waals surface area contributed by atoms with Crippen LogP contribution in [0.2, 0.25) is 0 Å². The van der Waals surface area contributed by atoms with E-state index in [0.717, 1.165) is 17.1 Å². The maximum Gasteiger partial charge on any atom is 0.491 e. The zero-order valence-electron chi connectivity index (χ0n) is 11.6. The van der Waals surface area contributed by atoms with E-state index in [1.807, 2.05) is 0 Å². The minimum Gasteiger partial charge on any atom is -0.466 e. The van der Waals surface area contributed by atoms with E-state index in [0.29, 0.717) is 5.56 Å². The number of hydrogen-bond donors (Lipinski definition) is 0. The molecule has 23 heavy (non-hydrogen) atoms. The van der Waals surface area contributed by atoms with Gasteiger partial charge in [-0.05, 0) is 22.6 Å². The van der Waals surface area contributed by atoms with Crippen LogP contribution in [0.5, 0.6) is 0 Å². The number of nitro benzene ring substituents is 1. The lowest BCUT2D eigenvalue weighted by Gasteiger charge is -2.01. The number of ether oxygens (including phenoxy) is 1. The Balaban J connectivity index is 2.44. The number of carbonyl (C=O) groups is 1. The molecule has 1 aromatic carbocycles. The zero-order valence-corrected chi connectivity index (χ0v) is 11.6. The summed E-state index contributed by atoms with van der Waals surface area (Å²) >= 11 is 0. The summed E-state index contributed by atoms with van der Waals surface area (Å²) in [5.41, 5.74) is 0.0306. The average Bonchev–Trinajstić information content (AvgIpc) is 3.02. The number of aromatic nitrogens is 3. The molecular weight excluding hydrogens is 310 g/mol. The normalized spacial score (nSPS) is 10.7. The highest BCUT2D eigenvalue weighted by molar-refractivity contribution is 5.87. The predicted octanol–water partition coefficient (Wildman–Crippen LogP) is 1.27. The lowest BCUT2D eigenvalue weighted by Crippen LogP contribution is -2.02. The van der Waals surface area contributed by atoms with Crippen molar-refractivity contribution in [2.45, 2.75) is 0 Å². The van der Waals surface area contributed by atoms with Crippen LogP contribution in [0.15, 0.2) is 30.6 Å². The summed E-state index contributed by atoms with van der Waals surface area (Å²) in [4.78, 5) is 34.7. The molecule has 0 amide bonds. The van der Waals surface area contributed by atoms with Gasteiger partial charge < -0.3 is 14.9 Å². The van der Waals surface area contributed by atoms with Crippen molar-refractivity contribution >= 4 is 23.7 Å². The molecule has 118 valence electrons. The van der Waals surface area contributed by atoms with Crippen LogP contribution in [0, 0.1) is 20.2 Å². The smallest absolute Gasteiger partial charge is 0.466 e. The van der Waals surface area contributed by atoms with Gasteiger partial charge >= 0.3 is 11.9 Å². The third-order valence-corrected chi connectivity index (χ3v) is 2.70. The van der Waals surface area contributed by atoms with Crippen LogP contribution in [0.1, 0.15) is 5.56 Å². The molecule has 0 N–H and O–H groups in total. The Kier molecular flexibility index (Phi) is 4.40. The Morgan fingerprint density at radius 2 is 2.04 bits per heavy atom. The van der Waals surface area contributed by atoms with Gasteiger partial charge in [0.25, 0.3) is 5.69 Å². The summed E-state index contributed by atoms with van der Waals surface area (Å²) in [5.74, 6) is -1.28. The quantitative estimate of drug-likeness (QED) is 0.347. The first-order valence-corrected chi connectivity index (χ1v) is 6.03. The van der Waals surface area contributed by atoms with Gasteiger partial charge in [0.1, 0.15) is 0 Å². The minimum absolute atomic E-state index is 0.00539. The van der Waals surface area contributed by atoms with Gasteiger partial charge in [-0.25, -0.2) is 4.79 Å². The van der Waals surface area contributed by atoms with Crippen LogP contribution in [-0.2, 0) is 9.53 Å². The number of benzene rings is 1. The number of nitro groups is 2. The molecule has 11 nitrogen and oxygen atoms in total. The summed E-state index contributed by atoms with van der Waals surface area (Å²) in [6.45, 7) is 0. The van der Waals surface area contributed by atoms with Crippen molar-refractivity contribution in [1.29, 1.82) is 0 Å². The first-order chi connectivity index (χ1) is 10.9. The SMILES string of the molecule is COC(=O)C=Cc1ccc(-n2cnc([N+](=O)[O-])n2)c([N+](=O)[O-])c1. The van der Waals surface area contributed by atoms with Crippen molar-refractivity contribution in [2.75, 3.05) is 7.11 Å². The first kappa shape index (κ1) is 15.8. The standard InChI is InChI=1S/C12H9N5O6/c1-23-11(18)5-3-8-2-4-9(10(6-8)16(19)20)15-7-13-12(14-15)17(21)22/h2-7H,1H3. The summed E-state index contributed by atoms with van der Waals surface area (Å²) in [6, 6.07) is 4.02. The van der Waals surface area contributed by atoms with Crippen LogP contribution < -0.4 is 0 Å². The van der Waals surface area contributed by atoms with Crippen molar-refractivity contribution in [3.63, 3.8) is 0 Å². The third-order valence-electron chi connectivity index (χ3n) is 2.70. The molecule has 2 aromatic rings. The molecule has 0 aliphatic heterocycles. The largest absolute Gasteiger partial charge is 0.491 e. The Morgan fingerprint density at radius 1 is 1.30 bits per heavy atom. The topological polar surface area (TPSA) is 143 Å². The van der Waals surface area contributed by atoms with Crippen molar-refractivity contribution in [1.82, 2.24) is 14.8 Å². The molecule has 0 aliphatic carbocycles. The molecule has 1 heterocycles. The maximum absolute atomic E-state index is 11.2. The summed E-state index contributed by atoms with van der Waals surface area (Å²) in [5, 5.41) is 25.3. The number of carbonyl (C=O) groups excluding carboxylic acids is 1. The Bertz CT molecular complexity index is 812. The molecule has 0 saturated carbocycles. The summed E-state index contributed by atoms with van der Waals surface area (Å²) < 4.78 is 5.36. The molecule has 0 saturated heterocycles. The molecule has 0 fully saturated rings. The number of methoxy groups -OCH3 is 1. The average molecular weight is 319 g/mol. The minimum atomic E-state index is -0.810. The third kappa shape index (κ3) is 3.53. The van der Waals surface area contributed by atoms with Crippen LogP contribution in [0.25, 0.3) is 11.8 Å². The lowest BCUT2D eigenvalue weighted by atomic mass is 10.1. The highest BCUT2D eigenvalue weighted by Crippen LogP contribution is 2.24. The second-order valence-electron chi connectivity index (χ2n) is 4.11. The molecule has 0 unspecified atom stereocenters. The molecule has 1 aromatic heterocycles. The van der Waals surface area contributed by atoms with E-state index in [1.165, 1.54) is 31.4 Å². The Labute approximate surface area is 128 Å². The first-order valence-electron chi connectivity index (χ1n) is 6.03. The van der Waals surface area contributed by atoms with Crippen LogP contribution in [-0.4, -0.2) is 37.7 Å². The van der Waals surface area contributed by atoms with Crippen LogP contribution in [0.3, 0.4) is 0 Å². The van der Waals surface area contributed by atoms with E-state index in [9.17, 15) is 25.0 Å². The van der Waals surface area contributed by atoms with Gasteiger partial charge in [-0.2, -0.15) is 0 Å². The van der Waals surface area contributed by atoms with Gasteiger partial charge in [-0.3, -0.25) is 10.1 Å². The molecule has 11 heteroatoms. The Hall–Kier alpha value is -3.63. The van der Waals surface area contributed by atoms with Crippen molar-refractivity contribution in [3.05, 3.63) is 56.4 Å². The van der Waals surface area contributed by atoms with Crippen molar-refractivity contribution in [3.8, 4) is 5.69 Å². The number of nitrogens with zero attached hydrogens (tertiary/aromatic N) is 5. The molecule has 0 atom stereocenters. The summed E-state index contributed by atoms with van der Waals surface area (Å²) in [7, 11) is 1.20. The number of esters is 1. The highest BCUT2D eigenvalue weighted by Gasteiger charge is 2.22. The van der Waals surface area contributed by atoms with Crippen molar-refractivity contribution < 1.29 is 19.4 Å². The predicted molar refractivity (Wildman–Crippen MR) is 75.7 cm³/mol. The zero-order chi connectivity index (χ0) is 17.0. The highest BCUT2D eigenvalue weighted by atomic mass is 16.6. The number of hydrogen-bond acceptors (Lipinski definition) is 8. The molecular formula is C12H9N5O6. The second kappa shape index (κ2) is 6.43. The maximum atomic E-state index is 11.2. The molecule has 0 bridgehead atoms. The molecule has 2 rings (SSSR count). The van der Waals surface area contributed by atoms with E-state index in [-0.39, 0.29) is 11.4 Å². The van der Waals surface area contributed by atoms with Gasteiger partial charge in [-0.15, -0.1) is 4.68 Å². The van der Waals surface area contributed by atoms with E-state index in [1.54, 1.807) is 0 Å². The van der Waals surface area contributed by atoms with Gasteiger partial charge in [-0.1, -0.05) is 11.1 Å². The molecule has 0 spiro atoms. The van der Waals surface area contributed by atoms with Gasteiger partial charge in [0.2, 0.25) is 6.33 Å². The monoisotopic (exact) mass is 319 g/mol. The fourth-order valence-electron chi connectivity index (χ4n) is 1.67. The fourth-order valence-corrected chi connectivity index (χ4v) is 1.67. The van der Waals surface area contributed by atoms with E-state index in [2.05, 4.69) is 14.8 Å². The second-order valence-corrected chi connectivity index (χ2v) is 4.11. The lowest BCUT2D eigenvalue weighted by molar-refractivity contribution is -0.394. The van der Waals surface area contributed by atoms with Crippen molar-refractivity contribution in [2.24, 2.45) is 0 Å². The molecule has 0 aliphatic rings. The van der Waals surface area contributed by atoms with Crippen LogP contribution in [0.4, 0.5) is 11.6 Å². The van der Waals surface area contributed by atoms with Crippen LogP contribution >= 0.6 is 0 Å². The van der Waals surface area contributed by atoms with E-state index >= 15 is 0 Å². The fraction of sp³-hybridized carbons (Fsp3) is 0.0833. The number of rotatable bonds is 5. The Morgan fingerprint density at radius 3 is 2.61 bits per heavy atom.